The van der Waals surface area contributed by atoms with Crippen LogP contribution in [0.3, 0.4) is 0 Å². The summed E-state index contributed by atoms with van der Waals surface area (Å²) in [6.45, 7) is 0.334. The highest BCUT2D eigenvalue weighted by Crippen LogP contribution is 2.29. The average molecular weight is 371 g/mol. The van der Waals surface area contributed by atoms with E-state index in [9.17, 15) is 0 Å². The van der Waals surface area contributed by atoms with Crippen LogP contribution in [-0.2, 0) is 6.61 Å². The van der Waals surface area contributed by atoms with E-state index in [4.69, 9.17) is 14.2 Å². The summed E-state index contributed by atoms with van der Waals surface area (Å²) >= 11 is 2.25. The number of nitrogens with zero attached hydrogens (tertiary/aromatic N) is 1. The molecule has 0 radical (unpaired) electrons. The highest BCUT2D eigenvalue weighted by molar-refractivity contribution is 14.1. The summed E-state index contributed by atoms with van der Waals surface area (Å²) in [5, 5.41) is 0. The number of benzene rings is 1. The van der Waals surface area contributed by atoms with Gasteiger partial charge in [-0.3, -0.25) is 4.98 Å². The molecule has 0 N–H and O–H groups in total. The molecular weight excluding hydrogens is 357 g/mol. The first-order valence-corrected chi connectivity index (χ1v) is 6.76. The van der Waals surface area contributed by atoms with Gasteiger partial charge >= 0.3 is 0 Å². The van der Waals surface area contributed by atoms with Crippen LogP contribution in [0.2, 0.25) is 0 Å². The van der Waals surface area contributed by atoms with Crippen molar-refractivity contribution in [2.75, 3.05) is 14.2 Å². The van der Waals surface area contributed by atoms with Crippen molar-refractivity contribution >= 4 is 22.6 Å². The first-order valence-electron chi connectivity index (χ1n) is 5.69. The topological polar surface area (TPSA) is 40.6 Å². The van der Waals surface area contributed by atoms with E-state index in [1.54, 1.807) is 26.5 Å². The van der Waals surface area contributed by atoms with E-state index in [1.807, 2.05) is 24.3 Å². The number of hydrogen-bond acceptors (Lipinski definition) is 4. The van der Waals surface area contributed by atoms with Crippen LogP contribution >= 0.6 is 22.6 Å². The zero-order chi connectivity index (χ0) is 13.7. The van der Waals surface area contributed by atoms with E-state index in [0.717, 1.165) is 5.75 Å². The lowest BCUT2D eigenvalue weighted by molar-refractivity contribution is 0.285. The van der Waals surface area contributed by atoms with E-state index >= 15 is 0 Å². The van der Waals surface area contributed by atoms with Gasteiger partial charge in [0, 0.05) is 15.8 Å². The highest BCUT2D eigenvalue weighted by Gasteiger charge is 2.11. The number of pyridine rings is 1. The molecule has 0 amide bonds. The van der Waals surface area contributed by atoms with E-state index in [2.05, 4.69) is 27.6 Å². The van der Waals surface area contributed by atoms with Crippen molar-refractivity contribution in [3.05, 3.63) is 45.8 Å². The molecule has 4 nitrogen and oxygen atoms in total. The fraction of sp³-hybridized carbons (Fsp3) is 0.214. The minimum absolute atomic E-state index is 0.334. The number of aromatic nitrogens is 1. The lowest BCUT2D eigenvalue weighted by Gasteiger charge is -2.12. The number of ether oxygens (including phenoxy) is 3. The molecule has 0 bridgehead atoms. The number of halogens is 1. The van der Waals surface area contributed by atoms with Gasteiger partial charge in [0.05, 0.1) is 14.2 Å². The first kappa shape index (κ1) is 13.9. The summed E-state index contributed by atoms with van der Waals surface area (Å²) in [7, 11) is 3.19. The van der Waals surface area contributed by atoms with E-state index in [1.165, 1.54) is 3.57 Å². The summed E-state index contributed by atoms with van der Waals surface area (Å²) in [5.74, 6) is 2.06. The molecule has 0 spiro atoms. The average Bonchev–Trinajstić information content (AvgIpc) is 2.46. The van der Waals surface area contributed by atoms with Gasteiger partial charge in [0.25, 0.3) is 0 Å². The van der Waals surface area contributed by atoms with Crippen LogP contribution in [0.5, 0.6) is 17.2 Å². The summed E-state index contributed by atoms with van der Waals surface area (Å²) < 4.78 is 17.4. The lowest BCUT2D eigenvalue weighted by atomic mass is 10.3. The third-order valence-electron chi connectivity index (χ3n) is 2.56. The summed E-state index contributed by atoms with van der Waals surface area (Å²) in [4.78, 5) is 4.26. The molecule has 1 aromatic carbocycles. The van der Waals surface area contributed by atoms with Crippen LogP contribution in [0.4, 0.5) is 0 Å². The molecule has 1 aromatic heterocycles. The second kappa shape index (κ2) is 6.60. The van der Waals surface area contributed by atoms with Gasteiger partial charge in [0.15, 0.2) is 11.5 Å². The molecule has 0 fully saturated rings. The molecule has 2 rings (SSSR count). The van der Waals surface area contributed by atoms with Gasteiger partial charge < -0.3 is 14.2 Å². The molecule has 19 heavy (non-hydrogen) atoms. The van der Waals surface area contributed by atoms with Gasteiger partial charge in [0.2, 0.25) is 0 Å². The standard InChI is InChI=1S/C14H14INO3/c1-17-13-7-8-16-12(14(13)18-2)9-19-11-5-3-10(15)4-6-11/h3-8H,9H2,1-2H3. The maximum absolute atomic E-state index is 5.69. The Morgan fingerprint density at radius 3 is 2.42 bits per heavy atom. The molecule has 1 heterocycles. The van der Waals surface area contributed by atoms with Crippen molar-refractivity contribution in [2.24, 2.45) is 0 Å². The molecular formula is C14H14INO3. The molecule has 0 aliphatic rings. The van der Waals surface area contributed by atoms with Crippen molar-refractivity contribution in [3.8, 4) is 17.2 Å². The Kier molecular flexibility index (Phi) is 4.84. The van der Waals surface area contributed by atoms with Gasteiger partial charge in [-0.1, -0.05) is 0 Å². The fourth-order valence-corrected chi connectivity index (χ4v) is 2.00. The smallest absolute Gasteiger partial charge is 0.185 e. The predicted molar refractivity (Wildman–Crippen MR) is 80.8 cm³/mol. The Hall–Kier alpha value is -1.50. The Morgan fingerprint density at radius 1 is 1.05 bits per heavy atom. The molecule has 100 valence electrons. The second-order valence-corrected chi connectivity index (χ2v) is 4.98. The van der Waals surface area contributed by atoms with Gasteiger partial charge in [0.1, 0.15) is 18.1 Å². The van der Waals surface area contributed by atoms with Crippen LogP contribution in [0.25, 0.3) is 0 Å². The van der Waals surface area contributed by atoms with E-state index in [0.29, 0.717) is 23.8 Å². The second-order valence-electron chi connectivity index (χ2n) is 3.74. The third kappa shape index (κ3) is 3.50. The van der Waals surface area contributed by atoms with Gasteiger partial charge in [-0.05, 0) is 46.9 Å². The Bertz CT molecular complexity index is 543. The van der Waals surface area contributed by atoms with Crippen molar-refractivity contribution in [3.63, 3.8) is 0 Å². The number of methoxy groups -OCH3 is 2. The fourth-order valence-electron chi connectivity index (χ4n) is 1.64. The van der Waals surface area contributed by atoms with Crippen molar-refractivity contribution in [2.45, 2.75) is 6.61 Å². The molecule has 0 unspecified atom stereocenters. The van der Waals surface area contributed by atoms with Crippen LogP contribution in [0, 0.1) is 3.57 Å². The molecule has 0 saturated carbocycles. The molecule has 2 aromatic rings. The summed E-state index contributed by atoms with van der Waals surface area (Å²) in [5.41, 5.74) is 0.709. The maximum Gasteiger partial charge on any atom is 0.185 e. The Labute approximate surface area is 125 Å². The SMILES string of the molecule is COc1ccnc(COc2ccc(I)cc2)c1OC. The van der Waals surface area contributed by atoms with E-state index < -0.39 is 0 Å². The summed E-state index contributed by atoms with van der Waals surface area (Å²) in [6.07, 6.45) is 1.67. The molecule has 5 heteroatoms. The van der Waals surface area contributed by atoms with Crippen molar-refractivity contribution in [1.29, 1.82) is 0 Å². The van der Waals surface area contributed by atoms with Crippen molar-refractivity contribution in [1.82, 2.24) is 4.98 Å². The van der Waals surface area contributed by atoms with Crippen molar-refractivity contribution < 1.29 is 14.2 Å². The first-order chi connectivity index (χ1) is 9.24. The quantitative estimate of drug-likeness (QED) is 0.757. The highest BCUT2D eigenvalue weighted by atomic mass is 127. The molecule has 0 aliphatic carbocycles. The zero-order valence-corrected chi connectivity index (χ0v) is 12.9. The van der Waals surface area contributed by atoms with Crippen LogP contribution in [-0.4, -0.2) is 19.2 Å². The largest absolute Gasteiger partial charge is 0.493 e. The van der Waals surface area contributed by atoms with E-state index in [-0.39, 0.29) is 0 Å². The minimum Gasteiger partial charge on any atom is -0.493 e. The Balaban J connectivity index is 2.13. The van der Waals surface area contributed by atoms with Gasteiger partial charge in [-0.25, -0.2) is 0 Å². The molecule has 0 aliphatic heterocycles. The molecule has 0 atom stereocenters. The summed E-state index contributed by atoms with van der Waals surface area (Å²) in [6, 6.07) is 9.59. The number of hydrogen-bond donors (Lipinski definition) is 0. The monoisotopic (exact) mass is 371 g/mol. The van der Waals surface area contributed by atoms with Crippen LogP contribution < -0.4 is 14.2 Å². The zero-order valence-electron chi connectivity index (χ0n) is 10.7. The maximum atomic E-state index is 5.69. The number of rotatable bonds is 5. The normalized spacial score (nSPS) is 10.1. The Morgan fingerprint density at radius 2 is 1.79 bits per heavy atom. The lowest BCUT2D eigenvalue weighted by Crippen LogP contribution is -2.03. The minimum atomic E-state index is 0.334. The predicted octanol–water partition coefficient (Wildman–Crippen LogP) is 3.28. The van der Waals surface area contributed by atoms with Gasteiger partial charge in [-0.15, -0.1) is 0 Å². The van der Waals surface area contributed by atoms with Gasteiger partial charge in [-0.2, -0.15) is 0 Å². The van der Waals surface area contributed by atoms with Crippen LogP contribution in [0.15, 0.2) is 36.5 Å². The third-order valence-corrected chi connectivity index (χ3v) is 3.27. The molecule has 0 saturated heterocycles. The van der Waals surface area contributed by atoms with Crippen LogP contribution in [0.1, 0.15) is 5.69 Å².